The molecule has 106 valence electrons. The van der Waals surface area contributed by atoms with Crippen LogP contribution in [0.5, 0.6) is 0 Å². The highest BCUT2D eigenvalue weighted by molar-refractivity contribution is 7.99. The summed E-state index contributed by atoms with van der Waals surface area (Å²) in [6.45, 7) is 0.862. The lowest BCUT2D eigenvalue weighted by atomic mass is 10.0. The fraction of sp³-hybridized carbons (Fsp3) is 0.545. The molecule has 1 aliphatic heterocycles. The fourth-order valence-corrected chi connectivity index (χ4v) is 3.26. The molecular weight excluding hydrogens is 276 g/mol. The van der Waals surface area contributed by atoms with Crippen molar-refractivity contribution >= 4 is 23.7 Å². The summed E-state index contributed by atoms with van der Waals surface area (Å²) in [6.07, 6.45) is 5.41. The molecule has 1 fully saturated rings. The van der Waals surface area contributed by atoms with Gasteiger partial charge in [-0.2, -0.15) is 36.5 Å². The van der Waals surface area contributed by atoms with Crippen molar-refractivity contribution in [3.05, 3.63) is 12.7 Å². The molecule has 8 nitrogen and oxygen atoms in total. The van der Waals surface area contributed by atoms with E-state index in [4.69, 9.17) is 5.73 Å². The average Bonchev–Trinajstić information content (AvgIpc) is 3.00. The molecular formula is C11H16N8S. The molecule has 3 heterocycles. The van der Waals surface area contributed by atoms with Crippen molar-refractivity contribution in [2.75, 3.05) is 29.1 Å². The third kappa shape index (κ3) is 3.16. The van der Waals surface area contributed by atoms with Gasteiger partial charge in [0.1, 0.15) is 12.7 Å². The highest BCUT2D eigenvalue weighted by Gasteiger charge is 2.14. The monoisotopic (exact) mass is 292 g/mol. The second kappa shape index (κ2) is 6.04. The van der Waals surface area contributed by atoms with Crippen LogP contribution in [0.1, 0.15) is 12.8 Å². The van der Waals surface area contributed by atoms with E-state index in [1.807, 2.05) is 11.8 Å². The van der Waals surface area contributed by atoms with Crippen LogP contribution in [0.2, 0.25) is 0 Å². The van der Waals surface area contributed by atoms with Gasteiger partial charge >= 0.3 is 0 Å². The van der Waals surface area contributed by atoms with Gasteiger partial charge in [-0.1, -0.05) is 0 Å². The smallest absolute Gasteiger partial charge is 0.258 e. The zero-order valence-corrected chi connectivity index (χ0v) is 11.8. The molecule has 0 radical (unpaired) electrons. The van der Waals surface area contributed by atoms with Crippen LogP contribution >= 0.6 is 11.8 Å². The minimum absolute atomic E-state index is 0.173. The third-order valence-corrected chi connectivity index (χ3v) is 4.20. The van der Waals surface area contributed by atoms with E-state index in [2.05, 4.69) is 30.4 Å². The normalized spacial score (nSPS) is 16.2. The summed E-state index contributed by atoms with van der Waals surface area (Å²) >= 11 is 2.02. The summed E-state index contributed by atoms with van der Waals surface area (Å²) in [7, 11) is 0. The first-order valence-electron chi connectivity index (χ1n) is 6.49. The second-order valence-electron chi connectivity index (χ2n) is 4.59. The Labute approximate surface area is 120 Å². The number of aromatic nitrogens is 6. The molecule has 9 heteroatoms. The van der Waals surface area contributed by atoms with Crippen molar-refractivity contribution in [1.82, 2.24) is 29.7 Å². The Morgan fingerprint density at radius 2 is 2.15 bits per heavy atom. The van der Waals surface area contributed by atoms with E-state index in [0.717, 1.165) is 6.54 Å². The molecule has 20 heavy (non-hydrogen) atoms. The van der Waals surface area contributed by atoms with E-state index in [1.54, 1.807) is 0 Å². The lowest BCUT2D eigenvalue weighted by Crippen LogP contribution is -2.21. The van der Waals surface area contributed by atoms with Gasteiger partial charge in [0.2, 0.25) is 11.9 Å². The highest BCUT2D eigenvalue weighted by atomic mass is 32.2. The molecule has 0 saturated carbocycles. The van der Waals surface area contributed by atoms with E-state index in [1.165, 1.54) is 41.7 Å². The predicted octanol–water partition coefficient (Wildman–Crippen LogP) is 0.590. The number of anilines is 2. The largest absolute Gasteiger partial charge is 0.368 e. The van der Waals surface area contributed by atoms with Gasteiger partial charge < -0.3 is 11.1 Å². The van der Waals surface area contributed by atoms with Crippen molar-refractivity contribution in [2.24, 2.45) is 5.92 Å². The van der Waals surface area contributed by atoms with Gasteiger partial charge in [-0.15, -0.1) is 0 Å². The maximum atomic E-state index is 5.71. The lowest BCUT2D eigenvalue weighted by molar-refractivity contribution is 0.514. The number of hydrogen-bond donors (Lipinski definition) is 2. The molecule has 0 bridgehead atoms. The summed E-state index contributed by atoms with van der Waals surface area (Å²) in [5.41, 5.74) is 5.71. The molecule has 0 atom stereocenters. The number of nitrogens with two attached hydrogens (primary N) is 1. The first kappa shape index (κ1) is 13.1. The second-order valence-corrected chi connectivity index (χ2v) is 5.82. The van der Waals surface area contributed by atoms with E-state index in [9.17, 15) is 0 Å². The van der Waals surface area contributed by atoms with Crippen LogP contribution in [0.4, 0.5) is 11.9 Å². The number of nitrogen functional groups attached to an aromatic ring is 1. The van der Waals surface area contributed by atoms with Gasteiger partial charge in [0.15, 0.2) is 0 Å². The Bertz CT molecular complexity index is 552. The molecule has 2 aromatic heterocycles. The van der Waals surface area contributed by atoms with Crippen LogP contribution < -0.4 is 11.1 Å². The molecule has 2 aromatic rings. The first-order chi connectivity index (χ1) is 9.81. The molecule has 0 spiro atoms. The summed E-state index contributed by atoms with van der Waals surface area (Å²) in [6, 6.07) is 0. The SMILES string of the molecule is Nc1nc(NCC2CCSCC2)nc(-n2cncn2)n1. The topological polar surface area (TPSA) is 107 Å². The standard InChI is InChI=1S/C11H16N8S/c12-9-16-10(14-5-8-1-3-20-4-2-8)18-11(17-9)19-7-13-6-15-19/h6-8H,1-5H2,(H3,12,14,16,17,18). The summed E-state index contributed by atoms with van der Waals surface area (Å²) in [5.74, 6) is 4.17. The number of rotatable bonds is 4. The molecule has 3 rings (SSSR count). The molecule has 0 aromatic carbocycles. The van der Waals surface area contributed by atoms with Gasteiger partial charge in [-0.05, 0) is 30.3 Å². The van der Waals surface area contributed by atoms with Crippen molar-refractivity contribution in [3.63, 3.8) is 0 Å². The predicted molar refractivity (Wildman–Crippen MR) is 77.7 cm³/mol. The van der Waals surface area contributed by atoms with Crippen LogP contribution in [0.3, 0.4) is 0 Å². The van der Waals surface area contributed by atoms with Crippen molar-refractivity contribution in [1.29, 1.82) is 0 Å². The van der Waals surface area contributed by atoms with Gasteiger partial charge in [-0.25, -0.2) is 4.98 Å². The maximum absolute atomic E-state index is 5.71. The van der Waals surface area contributed by atoms with Crippen molar-refractivity contribution in [2.45, 2.75) is 12.8 Å². The Balaban J connectivity index is 1.69. The first-order valence-corrected chi connectivity index (χ1v) is 7.65. The van der Waals surface area contributed by atoms with E-state index in [0.29, 0.717) is 17.8 Å². The van der Waals surface area contributed by atoms with E-state index >= 15 is 0 Å². The summed E-state index contributed by atoms with van der Waals surface area (Å²) in [5, 5.41) is 7.23. The van der Waals surface area contributed by atoms with Crippen LogP contribution in [0.15, 0.2) is 12.7 Å². The molecule has 0 aliphatic carbocycles. The van der Waals surface area contributed by atoms with Gasteiger partial charge in [0.05, 0.1) is 0 Å². The minimum atomic E-state index is 0.173. The Hall–Kier alpha value is -1.90. The van der Waals surface area contributed by atoms with Crippen LogP contribution in [0.25, 0.3) is 5.95 Å². The van der Waals surface area contributed by atoms with Gasteiger partial charge in [-0.3, -0.25) is 0 Å². The molecule has 1 aliphatic rings. The Morgan fingerprint density at radius 3 is 2.90 bits per heavy atom. The quantitative estimate of drug-likeness (QED) is 0.843. The molecule has 3 N–H and O–H groups in total. The van der Waals surface area contributed by atoms with Gasteiger partial charge in [0.25, 0.3) is 5.95 Å². The fourth-order valence-electron chi connectivity index (χ4n) is 2.06. The third-order valence-electron chi connectivity index (χ3n) is 3.15. The molecule has 0 unspecified atom stereocenters. The average molecular weight is 292 g/mol. The highest BCUT2D eigenvalue weighted by Crippen LogP contribution is 2.22. The number of hydrogen-bond acceptors (Lipinski definition) is 8. The zero-order chi connectivity index (χ0) is 13.8. The summed E-state index contributed by atoms with van der Waals surface area (Å²) in [4.78, 5) is 16.3. The Kier molecular flexibility index (Phi) is 3.95. The lowest BCUT2D eigenvalue weighted by Gasteiger charge is -2.21. The number of nitrogens with zero attached hydrogens (tertiary/aromatic N) is 6. The van der Waals surface area contributed by atoms with E-state index < -0.39 is 0 Å². The maximum Gasteiger partial charge on any atom is 0.258 e. The molecule has 0 amide bonds. The van der Waals surface area contributed by atoms with Crippen LogP contribution in [-0.2, 0) is 0 Å². The van der Waals surface area contributed by atoms with Crippen LogP contribution in [0, 0.1) is 5.92 Å². The number of thioether (sulfide) groups is 1. The van der Waals surface area contributed by atoms with Crippen molar-refractivity contribution in [3.8, 4) is 5.95 Å². The summed E-state index contributed by atoms with van der Waals surface area (Å²) < 4.78 is 1.46. The van der Waals surface area contributed by atoms with Gasteiger partial charge in [0, 0.05) is 6.54 Å². The molecule has 1 saturated heterocycles. The minimum Gasteiger partial charge on any atom is -0.368 e. The van der Waals surface area contributed by atoms with Crippen LogP contribution in [-0.4, -0.2) is 47.8 Å². The zero-order valence-electron chi connectivity index (χ0n) is 10.9. The Morgan fingerprint density at radius 1 is 1.30 bits per heavy atom. The van der Waals surface area contributed by atoms with Crippen molar-refractivity contribution < 1.29 is 0 Å². The number of nitrogens with one attached hydrogen (secondary N) is 1. The van der Waals surface area contributed by atoms with E-state index in [-0.39, 0.29) is 5.95 Å².